The van der Waals surface area contributed by atoms with Crippen LogP contribution in [0.15, 0.2) is 24.5 Å². The summed E-state index contributed by atoms with van der Waals surface area (Å²) < 4.78 is 0. The van der Waals surface area contributed by atoms with Gasteiger partial charge in [-0.25, -0.2) is 0 Å². The number of rotatable bonds is 3. The summed E-state index contributed by atoms with van der Waals surface area (Å²) in [5.41, 5.74) is 0.785. The summed E-state index contributed by atoms with van der Waals surface area (Å²) in [5.74, 6) is 1.13. The van der Waals surface area contributed by atoms with Crippen molar-refractivity contribution in [1.29, 1.82) is 0 Å². The summed E-state index contributed by atoms with van der Waals surface area (Å²) in [4.78, 5) is 16.4. The van der Waals surface area contributed by atoms with Crippen LogP contribution in [0.25, 0.3) is 0 Å². The van der Waals surface area contributed by atoms with Crippen molar-refractivity contribution in [1.82, 2.24) is 4.98 Å². The molecule has 1 aromatic heterocycles. The van der Waals surface area contributed by atoms with Crippen LogP contribution in [0.1, 0.15) is 49.4 Å². The smallest absolute Gasteiger partial charge is 0.167 e. The Morgan fingerprint density at radius 3 is 2.94 bits per heavy atom. The zero-order valence-corrected chi connectivity index (χ0v) is 9.86. The van der Waals surface area contributed by atoms with Crippen LogP contribution in [-0.2, 0) is 0 Å². The SMILES string of the molecule is CCC1CCCCC1C(=O)c1cccnc1. The maximum atomic E-state index is 12.3. The Hall–Kier alpha value is -1.18. The number of hydrogen-bond acceptors (Lipinski definition) is 2. The average Bonchev–Trinajstić information content (AvgIpc) is 2.39. The van der Waals surface area contributed by atoms with E-state index in [2.05, 4.69) is 11.9 Å². The molecule has 0 bridgehead atoms. The number of hydrogen-bond donors (Lipinski definition) is 0. The molecule has 0 aliphatic heterocycles. The minimum atomic E-state index is 0.239. The summed E-state index contributed by atoms with van der Waals surface area (Å²) in [6, 6.07) is 3.73. The molecule has 2 unspecified atom stereocenters. The highest BCUT2D eigenvalue weighted by Gasteiger charge is 2.30. The van der Waals surface area contributed by atoms with E-state index >= 15 is 0 Å². The minimum Gasteiger partial charge on any atom is -0.294 e. The number of aromatic nitrogens is 1. The Morgan fingerprint density at radius 2 is 2.25 bits per heavy atom. The van der Waals surface area contributed by atoms with Gasteiger partial charge in [-0.3, -0.25) is 9.78 Å². The molecule has 1 fully saturated rings. The van der Waals surface area contributed by atoms with Crippen LogP contribution in [0, 0.1) is 11.8 Å². The lowest BCUT2D eigenvalue weighted by Crippen LogP contribution is -2.27. The molecule has 0 aromatic carbocycles. The van der Waals surface area contributed by atoms with Crippen molar-refractivity contribution < 1.29 is 4.79 Å². The lowest BCUT2D eigenvalue weighted by Gasteiger charge is -2.29. The zero-order valence-electron chi connectivity index (χ0n) is 9.86. The van der Waals surface area contributed by atoms with Crippen LogP contribution in [0.5, 0.6) is 0 Å². The van der Waals surface area contributed by atoms with Gasteiger partial charge in [0.15, 0.2) is 5.78 Å². The number of pyridine rings is 1. The molecule has 0 N–H and O–H groups in total. The van der Waals surface area contributed by atoms with Gasteiger partial charge < -0.3 is 0 Å². The third-order valence-electron chi connectivity index (χ3n) is 3.72. The van der Waals surface area contributed by atoms with Gasteiger partial charge in [-0.1, -0.05) is 26.2 Å². The van der Waals surface area contributed by atoms with Crippen LogP contribution >= 0.6 is 0 Å². The van der Waals surface area contributed by atoms with Gasteiger partial charge in [0.1, 0.15) is 0 Å². The fourth-order valence-corrected chi connectivity index (χ4v) is 2.76. The van der Waals surface area contributed by atoms with Crippen LogP contribution in [0.3, 0.4) is 0 Å². The van der Waals surface area contributed by atoms with Crippen LogP contribution in [-0.4, -0.2) is 10.8 Å². The van der Waals surface area contributed by atoms with Gasteiger partial charge in [-0.05, 0) is 30.9 Å². The van der Waals surface area contributed by atoms with E-state index in [-0.39, 0.29) is 5.92 Å². The first-order chi connectivity index (χ1) is 7.83. The van der Waals surface area contributed by atoms with E-state index in [0.717, 1.165) is 18.4 Å². The maximum absolute atomic E-state index is 12.3. The highest BCUT2D eigenvalue weighted by Crippen LogP contribution is 2.34. The van der Waals surface area contributed by atoms with E-state index in [1.54, 1.807) is 12.4 Å². The first-order valence-electron chi connectivity index (χ1n) is 6.27. The van der Waals surface area contributed by atoms with Crippen molar-refractivity contribution in [2.75, 3.05) is 0 Å². The Morgan fingerprint density at radius 1 is 1.44 bits per heavy atom. The molecule has 16 heavy (non-hydrogen) atoms. The molecule has 1 aromatic rings. The number of Topliss-reactive ketones (excluding diaryl/α,β-unsaturated/α-hetero) is 1. The topological polar surface area (TPSA) is 30.0 Å². The lowest BCUT2D eigenvalue weighted by atomic mass is 9.74. The summed E-state index contributed by atoms with van der Waals surface area (Å²) in [7, 11) is 0. The molecule has 0 amide bonds. The molecular weight excluding hydrogens is 198 g/mol. The van der Waals surface area contributed by atoms with Gasteiger partial charge in [0.2, 0.25) is 0 Å². The molecule has 2 nitrogen and oxygen atoms in total. The lowest BCUT2D eigenvalue weighted by molar-refractivity contribution is 0.0820. The number of nitrogens with zero attached hydrogens (tertiary/aromatic N) is 1. The van der Waals surface area contributed by atoms with E-state index in [0.29, 0.717) is 11.7 Å². The molecule has 86 valence electrons. The third kappa shape index (κ3) is 2.31. The highest BCUT2D eigenvalue weighted by atomic mass is 16.1. The summed E-state index contributed by atoms with van der Waals surface area (Å²) in [6.07, 6.45) is 9.30. The normalized spacial score (nSPS) is 25.3. The molecule has 1 aliphatic rings. The van der Waals surface area contributed by atoms with Crippen molar-refractivity contribution in [3.63, 3.8) is 0 Å². The Labute approximate surface area is 97.1 Å². The molecule has 0 saturated heterocycles. The summed E-state index contributed by atoms with van der Waals surface area (Å²) >= 11 is 0. The van der Waals surface area contributed by atoms with Gasteiger partial charge in [-0.2, -0.15) is 0 Å². The van der Waals surface area contributed by atoms with Gasteiger partial charge in [0.25, 0.3) is 0 Å². The second kappa shape index (κ2) is 5.24. The van der Waals surface area contributed by atoms with E-state index in [9.17, 15) is 4.79 Å². The molecule has 2 rings (SSSR count). The van der Waals surface area contributed by atoms with Crippen molar-refractivity contribution in [2.45, 2.75) is 39.0 Å². The molecule has 1 saturated carbocycles. The predicted molar refractivity (Wildman–Crippen MR) is 64.3 cm³/mol. The Balaban J connectivity index is 2.14. The van der Waals surface area contributed by atoms with Gasteiger partial charge in [0.05, 0.1) is 0 Å². The molecule has 2 atom stereocenters. The van der Waals surface area contributed by atoms with E-state index < -0.39 is 0 Å². The summed E-state index contributed by atoms with van der Waals surface area (Å²) in [6.45, 7) is 2.19. The molecular formula is C14H19NO. The first-order valence-corrected chi connectivity index (χ1v) is 6.27. The second-order valence-electron chi connectivity index (χ2n) is 4.67. The molecule has 0 spiro atoms. The first kappa shape index (κ1) is 11.3. The number of carbonyl (C=O) groups is 1. The number of ketones is 1. The van der Waals surface area contributed by atoms with Crippen LogP contribution < -0.4 is 0 Å². The average molecular weight is 217 g/mol. The standard InChI is InChI=1S/C14H19NO/c1-2-11-6-3-4-8-13(11)14(16)12-7-5-9-15-10-12/h5,7,9-11,13H,2-4,6,8H2,1H3. The molecule has 2 heteroatoms. The van der Waals surface area contributed by atoms with Gasteiger partial charge in [0, 0.05) is 23.9 Å². The van der Waals surface area contributed by atoms with Gasteiger partial charge >= 0.3 is 0 Å². The van der Waals surface area contributed by atoms with E-state index in [1.807, 2.05) is 12.1 Å². The van der Waals surface area contributed by atoms with E-state index in [4.69, 9.17) is 0 Å². The maximum Gasteiger partial charge on any atom is 0.167 e. The largest absolute Gasteiger partial charge is 0.294 e. The Bertz CT molecular complexity index is 347. The van der Waals surface area contributed by atoms with Crippen molar-refractivity contribution >= 4 is 5.78 Å². The van der Waals surface area contributed by atoms with Crippen LogP contribution in [0.4, 0.5) is 0 Å². The third-order valence-corrected chi connectivity index (χ3v) is 3.72. The second-order valence-corrected chi connectivity index (χ2v) is 4.67. The quantitative estimate of drug-likeness (QED) is 0.725. The van der Waals surface area contributed by atoms with Crippen molar-refractivity contribution in [2.24, 2.45) is 11.8 Å². The summed E-state index contributed by atoms with van der Waals surface area (Å²) in [5, 5.41) is 0. The van der Waals surface area contributed by atoms with E-state index in [1.165, 1.54) is 19.3 Å². The monoisotopic (exact) mass is 217 g/mol. The zero-order chi connectivity index (χ0) is 11.4. The van der Waals surface area contributed by atoms with Gasteiger partial charge in [-0.15, -0.1) is 0 Å². The minimum absolute atomic E-state index is 0.239. The highest BCUT2D eigenvalue weighted by molar-refractivity contribution is 5.97. The van der Waals surface area contributed by atoms with Crippen molar-refractivity contribution in [3.05, 3.63) is 30.1 Å². The molecule has 0 radical (unpaired) electrons. The Kier molecular flexibility index (Phi) is 3.70. The predicted octanol–water partition coefficient (Wildman–Crippen LogP) is 3.48. The fraction of sp³-hybridized carbons (Fsp3) is 0.571. The van der Waals surface area contributed by atoms with Crippen LogP contribution in [0.2, 0.25) is 0 Å². The molecule has 1 heterocycles. The molecule has 1 aliphatic carbocycles. The fourth-order valence-electron chi connectivity index (χ4n) is 2.76. The van der Waals surface area contributed by atoms with Crippen molar-refractivity contribution in [3.8, 4) is 0 Å². The number of carbonyl (C=O) groups excluding carboxylic acids is 1.